The Kier molecular flexibility index (Phi) is 4.18. The lowest BCUT2D eigenvalue weighted by atomic mass is 10.2. The molecule has 2 aromatic heterocycles. The molecule has 0 saturated heterocycles. The molecule has 18 heavy (non-hydrogen) atoms. The maximum absolute atomic E-state index is 12.0. The molecule has 0 unspecified atom stereocenters. The molecule has 0 aliphatic rings. The molecule has 2 aromatic rings. The molecule has 0 radical (unpaired) electrons. The molecule has 0 saturated carbocycles. The lowest BCUT2D eigenvalue weighted by Gasteiger charge is -2.04. The van der Waals surface area contributed by atoms with Gasteiger partial charge in [-0.2, -0.15) is 11.3 Å². The lowest BCUT2D eigenvalue weighted by Crippen LogP contribution is -2.22. The minimum atomic E-state index is -3.43. The summed E-state index contributed by atoms with van der Waals surface area (Å²) in [5.41, 5.74) is 7.59. The average Bonchev–Trinajstić information content (AvgIpc) is 2.95. The largest absolute Gasteiger partial charge is 0.326 e. The molecule has 4 nitrogen and oxygen atoms in total. The van der Waals surface area contributed by atoms with Gasteiger partial charge in [0.1, 0.15) is 0 Å². The summed E-state index contributed by atoms with van der Waals surface area (Å²) in [5, 5.41) is 5.57. The predicted molar refractivity (Wildman–Crippen MR) is 75.3 cm³/mol. The van der Waals surface area contributed by atoms with Gasteiger partial charge in [0, 0.05) is 23.3 Å². The van der Waals surface area contributed by atoms with Crippen molar-refractivity contribution in [3.8, 4) is 0 Å². The topological polar surface area (TPSA) is 72.2 Å². The molecule has 3 N–H and O–H groups in total. The van der Waals surface area contributed by atoms with Gasteiger partial charge in [-0.05, 0) is 34.9 Å². The van der Waals surface area contributed by atoms with E-state index in [2.05, 4.69) is 4.72 Å². The van der Waals surface area contributed by atoms with E-state index in [1.807, 2.05) is 17.7 Å². The van der Waals surface area contributed by atoms with Crippen LogP contribution in [0.1, 0.15) is 16.0 Å². The molecular formula is C11H14N2O2S3. The van der Waals surface area contributed by atoms with Crippen LogP contribution < -0.4 is 10.5 Å². The smallest absolute Gasteiger partial charge is 0.241 e. The predicted octanol–water partition coefficient (Wildman–Crippen LogP) is 2.06. The van der Waals surface area contributed by atoms with Crippen LogP contribution in [0, 0.1) is 6.92 Å². The van der Waals surface area contributed by atoms with E-state index in [9.17, 15) is 8.42 Å². The average molecular weight is 302 g/mol. The molecule has 0 fully saturated rings. The van der Waals surface area contributed by atoms with E-state index in [4.69, 9.17) is 5.73 Å². The van der Waals surface area contributed by atoms with Crippen LogP contribution in [0.15, 0.2) is 27.1 Å². The first kappa shape index (κ1) is 13.7. The van der Waals surface area contributed by atoms with Gasteiger partial charge >= 0.3 is 0 Å². The minimum absolute atomic E-state index is 0.292. The van der Waals surface area contributed by atoms with Crippen LogP contribution in [0.2, 0.25) is 0 Å². The summed E-state index contributed by atoms with van der Waals surface area (Å²) in [4.78, 5) is 1.16. The molecule has 2 rings (SSSR count). The van der Waals surface area contributed by atoms with E-state index in [1.165, 1.54) is 11.3 Å². The van der Waals surface area contributed by atoms with Crippen LogP contribution in [-0.4, -0.2) is 8.42 Å². The van der Waals surface area contributed by atoms with Gasteiger partial charge in [0.2, 0.25) is 10.0 Å². The molecule has 0 bridgehead atoms. The third-order valence-electron chi connectivity index (χ3n) is 2.56. The first-order valence-electron chi connectivity index (χ1n) is 5.32. The number of nitrogens with two attached hydrogens (primary N) is 1. The van der Waals surface area contributed by atoms with Gasteiger partial charge in [0.25, 0.3) is 0 Å². The number of thiophene rings is 2. The number of hydrogen-bond donors (Lipinski definition) is 2. The van der Waals surface area contributed by atoms with Crippen LogP contribution in [0.25, 0.3) is 0 Å². The summed E-state index contributed by atoms with van der Waals surface area (Å²) in [6, 6.07) is 1.62. The van der Waals surface area contributed by atoms with Crippen molar-refractivity contribution >= 4 is 32.7 Å². The van der Waals surface area contributed by atoms with Crippen LogP contribution in [0.4, 0.5) is 0 Å². The Morgan fingerprint density at radius 3 is 2.67 bits per heavy atom. The molecule has 0 aliphatic heterocycles. The second-order valence-electron chi connectivity index (χ2n) is 3.86. The SMILES string of the molecule is Cc1cscc1CNS(=O)(=O)c1csc(CN)c1. The van der Waals surface area contributed by atoms with Crippen molar-refractivity contribution in [2.75, 3.05) is 0 Å². The highest BCUT2D eigenvalue weighted by atomic mass is 32.2. The normalized spacial score (nSPS) is 11.9. The Hall–Kier alpha value is -0.730. The van der Waals surface area contributed by atoms with Crippen molar-refractivity contribution < 1.29 is 8.42 Å². The van der Waals surface area contributed by atoms with Crippen LogP contribution in [0.3, 0.4) is 0 Å². The molecule has 7 heteroatoms. The van der Waals surface area contributed by atoms with Crippen molar-refractivity contribution in [3.63, 3.8) is 0 Å². The number of rotatable bonds is 5. The quantitative estimate of drug-likeness (QED) is 0.888. The highest BCUT2D eigenvalue weighted by Gasteiger charge is 2.16. The second-order valence-corrected chi connectivity index (χ2v) is 7.36. The maximum atomic E-state index is 12.0. The highest BCUT2D eigenvalue weighted by molar-refractivity contribution is 7.89. The first-order valence-corrected chi connectivity index (χ1v) is 8.62. The van der Waals surface area contributed by atoms with Gasteiger partial charge in [-0.15, -0.1) is 11.3 Å². The van der Waals surface area contributed by atoms with Crippen molar-refractivity contribution in [3.05, 3.63) is 38.2 Å². The molecule has 0 aromatic carbocycles. The highest BCUT2D eigenvalue weighted by Crippen LogP contribution is 2.19. The van der Waals surface area contributed by atoms with Gasteiger partial charge in [0.15, 0.2) is 0 Å². The molecule has 0 amide bonds. The zero-order valence-corrected chi connectivity index (χ0v) is 12.3. The summed E-state index contributed by atoms with van der Waals surface area (Å²) in [6.07, 6.45) is 0. The van der Waals surface area contributed by atoms with Crippen molar-refractivity contribution in [1.82, 2.24) is 4.72 Å². The standard InChI is InChI=1S/C11H14N2O2S3/c1-8-5-16-6-9(8)4-13-18(14,15)11-2-10(3-12)17-7-11/h2,5-7,13H,3-4,12H2,1H3. The molecule has 0 atom stereocenters. The first-order chi connectivity index (χ1) is 8.53. The lowest BCUT2D eigenvalue weighted by molar-refractivity contribution is 0.581. The Bertz CT molecular complexity index is 628. The third kappa shape index (κ3) is 2.99. The molecule has 0 spiro atoms. The zero-order chi connectivity index (χ0) is 13.2. The van der Waals surface area contributed by atoms with Gasteiger partial charge in [-0.25, -0.2) is 13.1 Å². The fraction of sp³-hybridized carbons (Fsp3) is 0.273. The Balaban J connectivity index is 2.10. The summed E-state index contributed by atoms with van der Waals surface area (Å²) >= 11 is 2.93. The van der Waals surface area contributed by atoms with E-state index < -0.39 is 10.0 Å². The summed E-state index contributed by atoms with van der Waals surface area (Å²) in [6.45, 7) is 2.66. The van der Waals surface area contributed by atoms with E-state index in [0.29, 0.717) is 18.0 Å². The summed E-state index contributed by atoms with van der Waals surface area (Å²) in [5.74, 6) is 0. The molecule has 0 aliphatic carbocycles. The van der Waals surface area contributed by atoms with Gasteiger partial charge in [-0.1, -0.05) is 0 Å². The van der Waals surface area contributed by atoms with E-state index in [-0.39, 0.29) is 0 Å². The zero-order valence-electron chi connectivity index (χ0n) is 9.84. The van der Waals surface area contributed by atoms with E-state index in [1.54, 1.807) is 22.8 Å². The monoisotopic (exact) mass is 302 g/mol. The van der Waals surface area contributed by atoms with Crippen molar-refractivity contribution in [2.24, 2.45) is 5.73 Å². The molecule has 98 valence electrons. The molecular weight excluding hydrogens is 288 g/mol. The number of sulfonamides is 1. The number of hydrogen-bond acceptors (Lipinski definition) is 5. The minimum Gasteiger partial charge on any atom is -0.326 e. The Morgan fingerprint density at radius 1 is 1.33 bits per heavy atom. The van der Waals surface area contributed by atoms with Crippen LogP contribution >= 0.6 is 22.7 Å². The van der Waals surface area contributed by atoms with E-state index in [0.717, 1.165) is 16.0 Å². The van der Waals surface area contributed by atoms with Gasteiger partial charge < -0.3 is 5.73 Å². The number of aryl methyl sites for hydroxylation is 1. The van der Waals surface area contributed by atoms with Gasteiger partial charge in [0.05, 0.1) is 4.90 Å². The number of nitrogens with one attached hydrogen (secondary N) is 1. The van der Waals surface area contributed by atoms with Crippen molar-refractivity contribution in [1.29, 1.82) is 0 Å². The Labute approximate surface area is 115 Å². The molecule has 2 heterocycles. The Morgan fingerprint density at radius 2 is 2.11 bits per heavy atom. The second kappa shape index (κ2) is 5.50. The van der Waals surface area contributed by atoms with Crippen LogP contribution in [0.5, 0.6) is 0 Å². The van der Waals surface area contributed by atoms with Gasteiger partial charge in [-0.3, -0.25) is 0 Å². The van der Waals surface area contributed by atoms with Crippen molar-refractivity contribution in [2.45, 2.75) is 24.9 Å². The van der Waals surface area contributed by atoms with E-state index >= 15 is 0 Å². The fourth-order valence-corrected chi connectivity index (χ4v) is 4.45. The summed E-state index contributed by atoms with van der Waals surface area (Å²) < 4.78 is 26.7. The summed E-state index contributed by atoms with van der Waals surface area (Å²) in [7, 11) is -3.43. The van der Waals surface area contributed by atoms with Crippen LogP contribution in [-0.2, 0) is 23.1 Å². The maximum Gasteiger partial charge on any atom is 0.241 e. The fourth-order valence-electron chi connectivity index (χ4n) is 1.43. The third-order valence-corrected chi connectivity index (χ3v) is 5.95.